The number of esters is 3. The number of Topliss-reactive ketones (excluding diaryl/α,β-unsaturated/α-hetero) is 1. The predicted octanol–water partition coefficient (Wildman–Crippen LogP) is 4.04. The third-order valence-electron chi connectivity index (χ3n) is 10.2. The van der Waals surface area contributed by atoms with Crippen LogP contribution in [0.3, 0.4) is 0 Å². The lowest BCUT2D eigenvalue weighted by Crippen LogP contribution is -2.75. The van der Waals surface area contributed by atoms with E-state index in [1.54, 1.807) is 24.3 Å². The van der Waals surface area contributed by atoms with Gasteiger partial charge in [0.2, 0.25) is 0 Å². The number of carbonyl (C=O) groups is 4. The van der Waals surface area contributed by atoms with Gasteiger partial charge in [0, 0.05) is 42.9 Å². The van der Waals surface area contributed by atoms with Gasteiger partial charge in [0.25, 0.3) is 0 Å². The van der Waals surface area contributed by atoms with Gasteiger partial charge >= 0.3 is 17.9 Å². The summed E-state index contributed by atoms with van der Waals surface area (Å²) < 4.78 is 24.5. The molecule has 1 aromatic carbocycles. The summed E-state index contributed by atoms with van der Waals surface area (Å²) in [5.41, 5.74) is -2.82. The molecule has 2 aliphatic heterocycles. The lowest BCUT2D eigenvalue weighted by Gasteiger charge is -2.69. The van der Waals surface area contributed by atoms with Crippen LogP contribution in [0.1, 0.15) is 77.1 Å². The average molecular weight is 513 g/mol. The number of rotatable bonds is 3. The Labute approximate surface area is 217 Å². The van der Waals surface area contributed by atoms with E-state index in [9.17, 15) is 19.2 Å². The number of benzene rings is 1. The fourth-order valence-corrected chi connectivity index (χ4v) is 7.94. The first kappa shape index (κ1) is 25.9. The fourth-order valence-electron chi connectivity index (χ4n) is 7.94. The zero-order valence-corrected chi connectivity index (χ0v) is 22.2. The van der Waals surface area contributed by atoms with Gasteiger partial charge < -0.3 is 18.9 Å². The van der Waals surface area contributed by atoms with Crippen molar-refractivity contribution in [2.24, 2.45) is 22.7 Å². The Kier molecular flexibility index (Phi) is 6.05. The number of ether oxygens (including phenoxy) is 4. The molecule has 8 heteroatoms. The van der Waals surface area contributed by atoms with Gasteiger partial charge in [0.05, 0.1) is 17.6 Å². The molecule has 4 fully saturated rings. The van der Waals surface area contributed by atoms with Crippen LogP contribution in [0.5, 0.6) is 0 Å². The summed E-state index contributed by atoms with van der Waals surface area (Å²) in [6, 6.07) is 8.80. The van der Waals surface area contributed by atoms with Crippen LogP contribution in [0.4, 0.5) is 0 Å². The smallest absolute Gasteiger partial charge is 0.338 e. The maximum Gasteiger partial charge on any atom is 0.338 e. The minimum atomic E-state index is -0.927. The molecule has 4 aliphatic rings. The van der Waals surface area contributed by atoms with Crippen LogP contribution in [0.15, 0.2) is 30.3 Å². The van der Waals surface area contributed by atoms with Gasteiger partial charge in [-0.25, -0.2) is 4.79 Å². The van der Waals surface area contributed by atoms with Crippen LogP contribution >= 0.6 is 0 Å². The summed E-state index contributed by atoms with van der Waals surface area (Å²) in [5.74, 6) is -1.59. The molecule has 8 nitrogen and oxygen atoms in total. The van der Waals surface area contributed by atoms with Gasteiger partial charge in [-0.15, -0.1) is 0 Å². The molecule has 200 valence electrons. The normalized spacial score (nSPS) is 42.9. The number of fused-ring (bicyclic) bond motifs is 3. The van der Waals surface area contributed by atoms with Gasteiger partial charge in [-0.1, -0.05) is 39.0 Å². The Morgan fingerprint density at radius 1 is 1.00 bits per heavy atom. The quantitative estimate of drug-likeness (QED) is 0.441. The number of hydrogen-bond acceptors (Lipinski definition) is 8. The van der Waals surface area contributed by atoms with E-state index in [-0.39, 0.29) is 36.6 Å². The lowest BCUT2D eigenvalue weighted by molar-refractivity contribution is -0.340. The molecule has 0 aromatic heterocycles. The summed E-state index contributed by atoms with van der Waals surface area (Å²) in [4.78, 5) is 50.9. The molecule has 2 saturated carbocycles. The molecule has 2 heterocycles. The van der Waals surface area contributed by atoms with E-state index >= 15 is 0 Å². The molecule has 37 heavy (non-hydrogen) atoms. The summed E-state index contributed by atoms with van der Waals surface area (Å²) >= 11 is 0. The van der Waals surface area contributed by atoms with Gasteiger partial charge in [-0.2, -0.15) is 0 Å². The zero-order chi connectivity index (χ0) is 26.8. The van der Waals surface area contributed by atoms with Crippen molar-refractivity contribution in [3.8, 4) is 0 Å². The van der Waals surface area contributed by atoms with Crippen molar-refractivity contribution in [3.05, 3.63) is 35.9 Å². The first-order valence-corrected chi connectivity index (χ1v) is 13.2. The molecule has 5 rings (SSSR count). The molecule has 8 unspecified atom stereocenters. The molecule has 1 spiro atoms. The highest BCUT2D eigenvalue weighted by molar-refractivity contribution is 5.89. The zero-order valence-electron chi connectivity index (χ0n) is 22.2. The Morgan fingerprint density at radius 3 is 2.32 bits per heavy atom. The van der Waals surface area contributed by atoms with Gasteiger partial charge in [-0.05, 0) is 31.4 Å². The van der Waals surface area contributed by atoms with Crippen molar-refractivity contribution in [1.29, 1.82) is 0 Å². The van der Waals surface area contributed by atoms with E-state index in [1.165, 1.54) is 6.92 Å². The van der Waals surface area contributed by atoms with E-state index in [0.29, 0.717) is 31.2 Å². The van der Waals surface area contributed by atoms with E-state index in [4.69, 9.17) is 18.9 Å². The van der Waals surface area contributed by atoms with E-state index in [2.05, 4.69) is 6.92 Å². The van der Waals surface area contributed by atoms with E-state index in [1.807, 2.05) is 26.8 Å². The highest BCUT2D eigenvalue weighted by atomic mass is 16.6. The van der Waals surface area contributed by atoms with Crippen molar-refractivity contribution >= 4 is 23.7 Å². The SMILES string of the molecule is CC(=O)OC1CC2(COC(=O)C2)OC2(C)CC(OC(=O)c3ccccc3)C3(C)C(C)C(=O)CCC3C12C. The van der Waals surface area contributed by atoms with Gasteiger partial charge in [0.15, 0.2) is 0 Å². The number of carbonyl (C=O) groups excluding carboxylic acids is 4. The number of hydrogen-bond donors (Lipinski definition) is 0. The Bertz CT molecular complexity index is 1130. The first-order chi connectivity index (χ1) is 17.3. The highest BCUT2D eigenvalue weighted by Crippen LogP contribution is 2.68. The first-order valence-electron chi connectivity index (χ1n) is 13.2. The monoisotopic (exact) mass is 512 g/mol. The van der Waals surface area contributed by atoms with Crippen LogP contribution < -0.4 is 0 Å². The molecule has 0 amide bonds. The maximum atomic E-state index is 13.3. The Balaban J connectivity index is 1.61. The van der Waals surface area contributed by atoms with Crippen molar-refractivity contribution in [1.82, 2.24) is 0 Å². The van der Waals surface area contributed by atoms with Gasteiger partial charge in [0.1, 0.15) is 30.2 Å². The molecular formula is C29H36O8. The number of cyclic esters (lactones) is 1. The molecule has 8 atom stereocenters. The van der Waals surface area contributed by atoms with Crippen molar-refractivity contribution < 1.29 is 38.1 Å². The van der Waals surface area contributed by atoms with E-state index < -0.39 is 46.2 Å². The second-order valence-corrected chi connectivity index (χ2v) is 12.0. The van der Waals surface area contributed by atoms with Crippen LogP contribution in [-0.2, 0) is 33.3 Å². The average Bonchev–Trinajstić information content (AvgIpc) is 3.19. The van der Waals surface area contributed by atoms with Crippen LogP contribution in [0.25, 0.3) is 0 Å². The molecule has 0 N–H and O–H groups in total. The molecule has 1 aromatic rings. The molecule has 0 bridgehead atoms. The minimum Gasteiger partial charge on any atom is -0.462 e. The molecule has 2 aliphatic carbocycles. The highest BCUT2D eigenvalue weighted by Gasteiger charge is 2.74. The third kappa shape index (κ3) is 3.82. The third-order valence-corrected chi connectivity index (χ3v) is 10.2. The summed E-state index contributed by atoms with van der Waals surface area (Å²) in [5, 5.41) is 0. The second kappa shape index (κ2) is 8.65. The van der Waals surface area contributed by atoms with Crippen LogP contribution in [-0.4, -0.2) is 53.7 Å². The van der Waals surface area contributed by atoms with Crippen molar-refractivity contribution in [3.63, 3.8) is 0 Å². The Hall–Kier alpha value is -2.74. The van der Waals surface area contributed by atoms with Crippen LogP contribution in [0, 0.1) is 22.7 Å². The van der Waals surface area contributed by atoms with Crippen molar-refractivity contribution in [2.45, 2.75) is 90.1 Å². The molecule has 2 saturated heterocycles. The topological polar surface area (TPSA) is 105 Å². The predicted molar refractivity (Wildman–Crippen MR) is 131 cm³/mol. The largest absolute Gasteiger partial charge is 0.462 e. The molecule has 0 radical (unpaired) electrons. The van der Waals surface area contributed by atoms with E-state index in [0.717, 1.165) is 0 Å². The van der Waals surface area contributed by atoms with Crippen LogP contribution in [0.2, 0.25) is 0 Å². The minimum absolute atomic E-state index is 0.0712. The van der Waals surface area contributed by atoms with Gasteiger partial charge in [-0.3, -0.25) is 14.4 Å². The number of ketones is 1. The summed E-state index contributed by atoms with van der Waals surface area (Å²) in [7, 11) is 0. The fraction of sp³-hybridized carbons (Fsp3) is 0.655. The standard InChI is InChI=1S/C29H36O8/c1-17-20(31)11-12-21-27(17,4)22(36-25(33)19-9-7-6-8-10-19)13-26(3)28(21,5)23(35-18(2)30)14-29(37-26)15-24(32)34-16-29/h6-10,17,21-23H,11-16H2,1-5H3. The second-order valence-electron chi connectivity index (χ2n) is 12.0. The van der Waals surface area contributed by atoms with Crippen molar-refractivity contribution in [2.75, 3.05) is 6.61 Å². The Morgan fingerprint density at radius 2 is 1.70 bits per heavy atom. The summed E-state index contributed by atoms with van der Waals surface area (Å²) in [6.45, 7) is 9.46. The maximum absolute atomic E-state index is 13.3. The summed E-state index contributed by atoms with van der Waals surface area (Å²) in [6.07, 6.45) is 0.457. The lowest BCUT2D eigenvalue weighted by atomic mass is 9.40. The molecular weight excluding hydrogens is 476 g/mol.